The standard InChI is InChI=1S/C16H27N/c1-5-6-14(3)16(12-17-4)11-15-9-7-13(2)8-10-15/h7-10,14,16-17H,5-6,11-12H2,1-4H3. The molecule has 0 saturated heterocycles. The van der Waals surface area contributed by atoms with Crippen LogP contribution in [0.15, 0.2) is 24.3 Å². The van der Waals surface area contributed by atoms with Gasteiger partial charge in [-0.05, 0) is 44.3 Å². The lowest BCUT2D eigenvalue weighted by Crippen LogP contribution is -2.26. The molecule has 0 aliphatic rings. The Morgan fingerprint density at radius 3 is 2.35 bits per heavy atom. The molecular formula is C16H27N. The molecule has 0 bridgehead atoms. The molecule has 0 heterocycles. The van der Waals surface area contributed by atoms with Gasteiger partial charge in [-0.2, -0.15) is 0 Å². The van der Waals surface area contributed by atoms with Gasteiger partial charge in [0, 0.05) is 0 Å². The first kappa shape index (κ1) is 14.2. The van der Waals surface area contributed by atoms with Gasteiger partial charge in [-0.1, -0.05) is 56.5 Å². The Morgan fingerprint density at radius 2 is 1.82 bits per heavy atom. The van der Waals surface area contributed by atoms with E-state index in [1.165, 1.54) is 30.4 Å². The van der Waals surface area contributed by atoms with Crippen LogP contribution >= 0.6 is 0 Å². The van der Waals surface area contributed by atoms with E-state index in [9.17, 15) is 0 Å². The molecule has 1 nitrogen and oxygen atoms in total. The summed E-state index contributed by atoms with van der Waals surface area (Å²) in [5.74, 6) is 1.55. The van der Waals surface area contributed by atoms with Gasteiger partial charge in [0.25, 0.3) is 0 Å². The second-order valence-electron chi connectivity index (χ2n) is 5.27. The van der Waals surface area contributed by atoms with Crippen molar-refractivity contribution < 1.29 is 0 Å². The van der Waals surface area contributed by atoms with Gasteiger partial charge in [-0.15, -0.1) is 0 Å². The second-order valence-corrected chi connectivity index (χ2v) is 5.27. The number of aryl methyl sites for hydroxylation is 1. The zero-order valence-corrected chi connectivity index (χ0v) is 11.8. The predicted molar refractivity (Wildman–Crippen MR) is 76.4 cm³/mol. The van der Waals surface area contributed by atoms with Crippen LogP contribution in [-0.2, 0) is 6.42 Å². The zero-order valence-electron chi connectivity index (χ0n) is 11.8. The summed E-state index contributed by atoms with van der Waals surface area (Å²) in [5, 5.41) is 3.34. The summed E-state index contributed by atoms with van der Waals surface area (Å²) >= 11 is 0. The maximum Gasteiger partial charge on any atom is -0.00178 e. The van der Waals surface area contributed by atoms with Crippen LogP contribution in [0.3, 0.4) is 0 Å². The lowest BCUT2D eigenvalue weighted by molar-refractivity contribution is 0.325. The van der Waals surface area contributed by atoms with E-state index in [1.54, 1.807) is 0 Å². The molecule has 0 aliphatic heterocycles. The lowest BCUT2D eigenvalue weighted by atomic mass is 9.85. The summed E-state index contributed by atoms with van der Waals surface area (Å²) < 4.78 is 0. The van der Waals surface area contributed by atoms with E-state index in [0.717, 1.165) is 18.4 Å². The summed E-state index contributed by atoms with van der Waals surface area (Å²) in [6.45, 7) is 7.93. The fourth-order valence-corrected chi connectivity index (χ4v) is 2.45. The molecule has 1 heteroatoms. The highest BCUT2D eigenvalue weighted by Crippen LogP contribution is 2.21. The number of hydrogen-bond donors (Lipinski definition) is 1. The van der Waals surface area contributed by atoms with Gasteiger partial charge >= 0.3 is 0 Å². The van der Waals surface area contributed by atoms with Gasteiger partial charge in [-0.3, -0.25) is 0 Å². The van der Waals surface area contributed by atoms with Crippen LogP contribution in [0.25, 0.3) is 0 Å². The summed E-state index contributed by atoms with van der Waals surface area (Å²) in [6, 6.07) is 8.99. The highest BCUT2D eigenvalue weighted by molar-refractivity contribution is 5.21. The van der Waals surface area contributed by atoms with Crippen LogP contribution in [0, 0.1) is 18.8 Å². The van der Waals surface area contributed by atoms with E-state index >= 15 is 0 Å². The molecule has 96 valence electrons. The van der Waals surface area contributed by atoms with Crippen molar-refractivity contribution in [3.05, 3.63) is 35.4 Å². The van der Waals surface area contributed by atoms with Crippen molar-refractivity contribution in [3.63, 3.8) is 0 Å². The molecule has 2 unspecified atom stereocenters. The Balaban J connectivity index is 2.62. The van der Waals surface area contributed by atoms with E-state index in [0.29, 0.717) is 0 Å². The van der Waals surface area contributed by atoms with Gasteiger partial charge < -0.3 is 5.32 Å². The number of hydrogen-bond acceptors (Lipinski definition) is 1. The van der Waals surface area contributed by atoms with E-state index in [1.807, 2.05) is 0 Å². The minimum atomic E-state index is 0.752. The quantitative estimate of drug-likeness (QED) is 0.755. The second kappa shape index (κ2) is 7.50. The maximum atomic E-state index is 3.34. The van der Waals surface area contributed by atoms with Crippen LogP contribution in [0.2, 0.25) is 0 Å². The lowest BCUT2D eigenvalue weighted by Gasteiger charge is -2.23. The Labute approximate surface area is 107 Å². The first-order valence-electron chi connectivity index (χ1n) is 6.87. The molecule has 0 aliphatic carbocycles. The normalized spacial score (nSPS) is 14.6. The monoisotopic (exact) mass is 233 g/mol. The van der Waals surface area contributed by atoms with Gasteiger partial charge in [0.05, 0.1) is 0 Å². The molecule has 0 amide bonds. The van der Waals surface area contributed by atoms with Gasteiger partial charge in [-0.25, -0.2) is 0 Å². The highest BCUT2D eigenvalue weighted by Gasteiger charge is 2.16. The molecule has 17 heavy (non-hydrogen) atoms. The molecule has 2 atom stereocenters. The topological polar surface area (TPSA) is 12.0 Å². The number of nitrogens with one attached hydrogen (secondary N) is 1. The Kier molecular flexibility index (Phi) is 6.28. The molecule has 0 saturated carbocycles. The fourth-order valence-electron chi connectivity index (χ4n) is 2.45. The van der Waals surface area contributed by atoms with Crippen molar-refractivity contribution in [2.45, 2.75) is 40.0 Å². The SMILES string of the molecule is CCCC(C)C(CNC)Cc1ccc(C)cc1. The smallest absolute Gasteiger partial charge is 0.00178 e. The van der Waals surface area contributed by atoms with Crippen LogP contribution in [0.5, 0.6) is 0 Å². The molecule has 0 fully saturated rings. The van der Waals surface area contributed by atoms with Gasteiger partial charge in [0.2, 0.25) is 0 Å². The Morgan fingerprint density at radius 1 is 1.18 bits per heavy atom. The van der Waals surface area contributed by atoms with Crippen molar-refractivity contribution >= 4 is 0 Å². The van der Waals surface area contributed by atoms with E-state index in [2.05, 4.69) is 57.4 Å². The van der Waals surface area contributed by atoms with Crippen molar-refractivity contribution in [1.82, 2.24) is 5.32 Å². The molecule has 0 radical (unpaired) electrons. The minimum Gasteiger partial charge on any atom is -0.319 e. The first-order valence-corrected chi connectivity index (χ1v) is 6.87. The van der Waals surface area contributed by atoms with Crippen molar-refractivity contribution in [2.24, 2.45) is 11.8 Å². The molecule has 1 rings (SSSR count). The Hall–Kier alpha value is -0.820. The van der Waals surface area contributed by atoms with Crippen molar-refractivity contribution in [1.29, 1.82) is 0 Å². The van der Waals surface area contributed by atoms with Gasteiger partial charge in [0.1, 0.15) is 0 Å². The van der Waals surface area contributed by atoms with Crippen LogP contribution < -0.4 is 5.32 Å². The average Bonchev–Trinajstić information content (AvgIpc) is 2.31. The first-order chi connectivity index (χ1) is 8.17. The average molecular weight is 233 g/mol. The van der Waals surface area contributed by atoms with Gasteiger partial charge in [0.15, 0.2) is 0 Å². The van der Waals surface area contributed by atoms with Crippen LogP contribution in [0.1, 0.15) is 37.8 Å². The summed E-state index contributed by atoms with van der Waals surface area (Å²) in [5.41, 5.74) is 2.82. The summed E-state index contributed by atoms with van der Waals surface area (Å²) in [6.07, 6.45) is 3.82. The minimum absolute atomic E-state index is 0.752. The van der Waals surface area contributed by atoms with E-state index < -0.39 is 0 Å². The Bertz CT molecular complexity index is 302. The third kappa shape index (κ3) is 4.91. The fraction of sp³-hybridized carbons (Fsp3) is 0.625. The zero-order chi connectivity index (χ0) is 12.7. The molecular weight excluding hydrogens is 206 g/mol. The van der Waals surface area contributed by atoms with E-state index in [4.69, 9.17) is 0 Å². The third-order valence-electron chi connectivity index (χ3n) is 3.63. The molecule has 1 aromatic carbocycles. The number of benzene rings is 1. The summed E-state index contributed by atoms with van der Waals surface area (Å²) in [4.78, 5) is 0. The van der Waals surface area contributed by atoms with E-state index in [-0.39, 0.29) is 0 Å². The van der Waals surface area contributed by atoms with Crippen molar-refractivity contribution in [3.8, 4) is 0 Å². The number of rotatable bonds is 7. The van der Waals surface area contributed by atoms with Crippen LogP contribution in [-0.4, -0.2) is 13.6 Å². The summed E-state index contributed by atoms with van der Waals surface area (Å²) in [7, 11) is 2.06. The van der Waals surface area contributed by atoms with Crippen molar-refractivity contribution in [2.75, 3.05) is 13.6 Å². The largest absolute Gasteiger partial charge is 0.319 e. The predicted octanol–water partition coefficient (Wildman–Crippen LogP) is 3.81. The molecule has 1 aromatic rings. The third-order valence-corrected chi connectivity index (χ3v) is 3.63. The molecule has 1 N–H and O–H groups in total. The highest BCUT2D eigenvalue weighted by atomic mass is 14.8. The molecule has 0 aromatic heterocycles. The van der Waals surface area contributed by atoms with Crippen LogP contribution in [0.4, 0.5) is 0 Å². The molecule has 0 spiro atoms. The maximum absolute atomic E-state index is 3.34.